The maximum absolute atomic E-state index is 11.2. The van der Waals surface area contributed by atoms with Crippen LogP contribution in [0.1, 0.15) is 24.2 Å². The lowest BCUT2D eigenvalue weighted by Crippen LogP contribution is -2.07. The second-order valence-electron chi connectivity index (χ2n) is 4.58. The first-order valence-corrected chi connectivity index (χ1v) is 6.16. The molecule has 0 saturated carbocycles. The average Bonchev–Trinajstić information content (AvgIpc) is 2.38. The summed E-state index contributed by atoms with van der Waals surface area (Å²) in [6, 6.07) is 14.7. The molecule has 3 heteroatoms. The summed E-state index contributed by atoms with van der Waals surface area (Å²) in [5, 5.41) is 9.16. The first-order chi connectivity index (χ1) is 9.06. The van der Waals surface area contributed by atoms with Crippen molar-refractivity contribution in [3.05, 3.63) is 54.1 Å². The molecule has 2 rings (SSSR count). The largest absolute Gasteiger partial charge is 0.491 e. The van der Waals surface area contributed by atoms with Crippen LogP contribution in [-0.4, -0.2) is 17.2 Å². The maximum Gasteiger partial charge on any atom is 0.335 e. The molecule has 3 nitrogen and oxygen atoms in total. The highest BCUT2D eigenvalue weighted by Crippen LogP contribution is 2.26. The molecule has 0 aromatic heterocycles. The van der Waals surface area contributed by atoms with Crippen LogP contribution in [0.15, 0.2) is 48.5 Å². The van der Waals surface area contributed by atoms with Crippen LogP contribution in [0.2, 0.25) is 0 Å². The SMILES string of the molecule is CC(C)Oc1cc(C(=O)O)cc(-c2ccccc2)c1. The van der Waals surface area contributed by atoms with Gasteiger partial charge in [-0.3, -0.25) is 0 Å². The van der Waals surface area contributed by atoms with E-state index in [0.29, 0.717) is 5.75 Å². The van der Waals surface area contributed by atoms with Gasteiger partial charge in [0.15, 0.2) is 0 Å². The van der Waals surface area contributed by atoms with Gasteiger partial charge in [-0.05, 0) is 43.2 Å². The van der Waals surface area contributed by atoms with Crippen LogP contribution < -0.4 is 4.74 Å². The topological polar surface area (TPSA) is 46.5 Å². The van der Waals surface area contributed by atoms with E-state index in [-0.39, 0.29) is 11.7 Å². The van der Waals surface area contributed by atoms with Gasteiger partial charge in [0.1, 0.15) is 5.75 Å². The number of carboxylic acids is 1. The number of carboxylic acid groups (broad SMARTS) is 1. The predicted octanol–water partition coefficient (Wildman–Crippen LogP) is 3.84. The minimum atomic E-state index is -0.952. The first kappa shape index (κ1) is 13.1. The fourth-order valence-corrected chi connectivity index (χ4v) is 1.86. The Bertz CT molecular complexity index is 574. The lowest BCUT2D eigenvalue weighted by molar-refractivity contribution is 0.0696. The summed E-state index contributed by atoms with van der Waals surface area (Å²) >= 11 is 0. The van der Waals surface area contributed by atoms with Crippen LogP contribution in [0, 0.1) is 0 Å². The lowest BCUT2D eigenvalue weighted by atomic mass is 10.0. The Hall–Kier alpha value is -2.29. The molecule has 0 radical (unpaired) electrons. The van der Waals surface area contributed by atoms with Gasteiger partial charge in [-0.15, -0.1) is 0 Å². The molecule has 2 aromatic rings. The van der Waals surface area contributed by atoms with Gasteiger partial charge in [-0.1, -0.05) is 30.3 Å². The van der Waals surface area contributed by atoms with Gasteiger partial charge in [0.2, 0.25) is 0 Å². The molecule has 0 atom stereocenters. The Morgan fingerprint density at radius 2 is 1.74 bits per heavy atom. The Kier molecular flexibility index (Phi) is 3.85. The van der Waals surface area contributed by atoms with Crippen molar-refractivity contribution in [3.8, 4) is 16.9 Å². The Morgan fingerprint density at radius 3 is 2.32 bits per heavy atom. The highest BCUT2D eigenvalue weighted by Gasteiger charge is 2.10. The molecule has 19 heavy (non-hydrogen) atoms. The van der Waals surface area contributed by atoms with Crippen molar-refractivity contribution in [1.29, 1.82) is 0 Å². The zero-order valence-electron chi connectivity index (χ0n) is 11.0. The molecule has 0 unspecified atom stereocenters. The normalized spacial score (nSPS) is 10.5. The maximum atomic E-state index is 11.2. The zero-order chi connectivity index (χ0) is 13.8. The van der Waals surface area contributed by atoms with Crippen LogP contribution in [0.4, 0.5) is 0 Å². The van der Waals surface area contributed by atoms with Crippen molar-refractivity contribution in [2.24, 2.45) is 0 Å². The minimum Gasteiger partial charge on any atom is -0.491 e. The van der Waals surface area contributed by atoms with Gasteiger partial charge in [0.25, 0.3) is 0 Å². The third kappa shape index (κ3) is 3.35. The summed E-state index contributed by atoms with van der Waals surface area (Å²) in [4.78, 5) is 11.2. The van der Waals surface area contributed by atoms with Crippen molar-refractivity contribution in [3.63, 3.8) is 0 Å². The van der Waals surface area contributed by atoms with Crippen molar-refractivity contribution < 1.29 is 14.6 Å². The Morgan fingerprint density at radius 1 is 1.05 bits per heavy atom. The number of ether oxygens (including phenoxy) is 1. The van der Waals surface area contributed by atoms with E-state index in [2.05, 4.69) is 0 Å². The smallest absolute Gasteiger partial charge is 0.335 e. The summed E-state index contributed by atoms with van der Waals surface area (Å²) in [7, 11) is 0. The van der Waals surface area contributed by atoms with E-state index in [4.69, 9.17) is 9.84 Å². The standard InChI is InChI=1S/C16H16O3/c1-11(2)19-15-9-13(8-14(10-15)16(17)18)12-6-4-3-5-7-12/h3-11H,1-2H3,(H,17,18). The van der Waals surface area contributed by atoms with Crippen molar-refractivity contribution >= 4 is 5.97 Å². The van der Waals surface area contributed by atoms with Gasteiger partial charge < -0.3 is 9.84 Å². The predicted molar refractivity (Wildman–Crippen MR) is 74.6 cm³/mol. The minimum absolute atomic E-state index is 0.00710. The van der Waals surface area contributed by atoms with E-state index >= 15 is 0 Å². The molecule has 0 aliphatic heterocycles. The van der Waals surface area contributed by atoms with Gasteiger partial charge in [-0.25, -0.2) is 4.79 Å². The average molecular weight is 256 g/mol. The van der Waals surface area contributed by atoms with E-state index < -0.39 is 5.97 Å². The monoisotopic (exact) mass is 256 g/mol. The van der Waals surface area contributed by atoms with Crippen LogP contribution in [-0.2, 0) is 0 Å². The molecule has 0 heterocycles. The fraction of sp³-hybridized carbons (Fsp3) is 0.188. The third-order valence-electron chi connectivity index (χ3n) is 2.63. The second kappa shape index (κ2) is 5.57. The molecule has 98 valence electrons. The van der Waals surface area contributed by atoms with E-state index in [1.54, 1.807) is 12.1 Å². The summed E-state index contributed by atoms with van der Waals surface area (Å²) in [6.07, 6.45) is 0.00710. The summed E-state index contributed by atoms with van der Waals surface area (Å²) in [5.41, 5.74) is 2.05. The molecule has 0 amide bonds. The molecule has 0 fully saturated rings. The van der Waals surface area contributed by atoms with E-state index in [9.17, 15) is 4.79 Å². The number of rotatable bonds is 4. The van der Waals surface area contributed by atoms with Crippen molar-refractivity contribution in [2.75, 3.05) is 0 Å². The van der Waals surface area contributed by atoms with Gasteiger partial charge in [0, 0.05) is 0 Å². The lowest BCUT2D eigenvalue weighted by Gasteiger charge is -2.12. The second-order valence-corrected chi connectivity index (χ2v) is 4.58. The zero-order valence-corrected chi connectivity index (χ0v) is 11.0. The van der Waals surface area contributed by atoms with E-state index in [1.165, 1.54) is 0 Å². The quantitative estimate of drug-likeness (QED) is 0.904. The number of hydrogen-bond acceptors (Lipinski definition) is 2. The summed E-state index contributed by atoms with van der Waals surface area (Å²) < 4.78 is 5.60. The summed E-state index contributed by atoms with van der Waals surface area (Å²) in [6.45, 7) is 3.82. The number of carbonyl (C=O) groups is 1. The molecule has 0 aliphatic rings. The fourth-order valence-electron chi connectivity index (χ4n) is 1.86. The van der Waals surface area contributed by atoms with Crippen LogP contribution in [0.5, 0.6) is 5.75 Å². The number of hydrogen-bond donors (Lipinski definition) is 1. The number of benzene rings is 2. The Balaban J connectivity index is 2.48. The van der Waals surface area contributed by atoms with Crippen molar-refractivity contribution in [2.45, 2.75) is 20.0 Å². The first-order valence-electron chi connectivity index (χ1n) is 6.16. The highest BCUT2D eigenvalue weighted by molar-refractivity contribution is 5.90. The van der Waals surface area contributed by atoms with Crippen molar-refractivity contribution in [1.82, 2.24) is 0 Å². The van der Waals surface area contributed by atoms with Gasteiger partial charge >= 0.3 is 5.97 Å². The molecule has 0 spiro atoms. The molecule has 1 N–H and O–H groups in total. The molecule has 0 aliphatic carbocycles. The molecular weight excluding hydrogens is 240 g/mol. The molecule has 2 aromatic carbocycles. The van der Waals surface area contributed by atoms with Gasteiger partial charge in [-0.2, -0.15) is 0 Å². The van der Waals surface area contributed by atoms with Crippen LogP contribution in [0.25, 0.3) is 11.1 Å². The highest BCUT2D eigenvalue weighted by atomic mass is 16.5. The molecular formula is C16H16O3. The van der Waals surface area contributed by atoms with Gasteiger partial charge in [0.05, 0.1) is 11.7 Å². The van der Waals surface area contributed by atoms with Crippen LogP contribution >= 0.6 is 0 Å². The number of aromatic carboxylic acids is 1. The van der Waals surface area contributed by atoms with Crippen LogP contribution in [0.3, 0.4) is 0 Å². The molecule has 0 bridgehead atoms. The molecule has 0 saturated heterocycles. The van der Waals surface area contributed by atoms with E-state index in [0.717, 1.165) is 11.1 Å². The Labute approximate surface area is 112 Å². The third-order valence-corrected chi connectivity index (χ3v) is 2.63. The summed E-state index contributed by atoms with van der Waals surface area (Å²) in [5.74, 6) is -0.375. The van der Waals surface area contributed by atoms with E-state index in [1.807, 2.05) is 50.2 Å².